The lowest BCUT2D eigenvalue weighted by Gasteiger charge is -2.23. The van der Waals surface area contributed by atoms with E-state index in [1.165, 1.54) is 6.07 Å². The van der Waals surface area contributed by atoms with Gasteiger partial charge in [0, 0.05) is 11.9 Å². The van der Waals surface area contributed by atoms with Crippen LogP contribution in [0.1, 0.15) is 12.5 Å². The molecule has 0 N–H and O–H groups in total. The molecule has 0 bridgehead atoms. The molecule has 104 valence electrons. The second kappa shape index (κ2) is 4.93. The maximum atomic E-state index is 13.9. The van der Waals surface area contributed by atoms with Gasteiger partial charge >= 0.3 is 0 Å². The van der Waals surface area contributed by atoms with Crippen LogP contribution in [0.4, 0.5) is 4.39 Å². The van der Waals surface area contributed by atoms with Crippen LogP contribution in [-0.2, 0) is 6.42 Å². The second-order valence-electron chi connectivity index (χ2n) is 4.82. The number of para-hydroxylation sites is 1. The summed E-state index contributed by atoms with van der Waals surface area (Å²) in [4.78, 5) is 0. The van der Waals surface area contributed by atoms with Gasteiger partial charge in [0.05, 0.1) is 10.9 Å². The molecule has 3 rings (SSSR count). The Labute approximate surface area is 129 Å². The Hall–Kier alpha value is -1.26. The molecule has 1 aliphatic rings. The lowest BCUT2D eigenvalue weighted by atomic mass is 10.1. The van der Waals surface area contributed by atoms with Gasteiger partial charge in [0.25, 0.3) is 5.79 Å². The van der Waals surface area contributed by atoms with Crippen LogP contribution in [0.5, 0.6) is 11.5 Å². The van der Waals surface area contributed by atoms with Crippen LogP contribution in [0.2, 0.25) is 5.02 Å². The van der Waals surface area contributed by atoms with Crippen LogP contribution in [0.3, 0.4) is 0 Å². The zero-order valence-electron chi connectivity index (χ0n) is 10.6. The van der Waals surface area contributed by atoms with Gasteiger partial charge in [-0.1, -0.05) is 23.7 Å². The molecule has 5 heteroatoms. The molecular formula is C15H11BrClFO2. The summed E-state index contributed by atoms with van der Waals surface area (Å²) in [6.07, 6.45) is 0.289. The minimum absolute atomic E-state index is 0.289. The second-order valence-corrected chi connectivity index (χ2v) is 6.11. The van der Waals surface area contributed by atoms with E-state index < -0.39 is 5.79 Å². The van der Waals surface area contributed by atoms with Crippen molar-refractivity contribution in [3.8, 4) is 11.5 Å². The average molecular weight is 358 g/mol. The monoisotopic (exact) mass is 356 g/mol. The number of rotatable bonds is 2. The lowest BCUT2D eigenvalue weighted by Crippen LogP contribution is -2.37. The third kappa shape index (κ3) is 2.50. The molecule has 0 radical (unpaired) electrons. The van der Waals surface area contributed by atoms with E-state index in [1.54, 1.807) is 19.1 Å². The van der Waals surface area contributed by atoms with Crippen molar-refractivity contribution in [3.63, 3.8) is 0 Å². The number of ether oxygens (including phenoxy) is 2. The Balaban J connectivity index is 1.87. The highest BCUT2D eigenvalue weighted by molar-refractivity contribution is 9.10. The molecule has 1 unspecified atom stereocenters. The van der Waals surface area contributed by atoms with Gasteiger partial charge in [0.15, 0.2) is 11.5 Å². The first-order chi connectivity index (χ1) is 9.47. The summed E-state index contributed by atoms with van der Waals surface area (Å²) in [5.74, 6) is 0.00232. The first-order valence-corrected chi connectivity index (χ1v) is 7.24. The lowest BCUT2D eigenvalue weighted by molar-refractivity contribution is -0.0612. The van der Waals surface area contributed by atoms with Crippen LogP contribution in [-0.4, -0.2) is 5.79 Å². The van der Waals surface area contributed by atoms with Crippen LogP contribution in [0, 0.1) is 5.82 Å². The van der Waals surface area contributed by atoms with Crippen LogP contribution >= 0.6 is 27.5 Å². The molecule has 2 nitrogen and oxygen atoms in total. The van der Waals surface area contributed by atoms with Crippen LogP contribution in [0.25, 0.3) is 0 Å². The Morgan fingerprint density at radius 3 is 2.75 bits per heavy atom. The van der Waals surface area contributed by atoms with Crippen molar-refractivity contribution in [2.75, 3.05) is 0 Å². The predicted molar refractivity (Wildman–Crippen MR) is 78.9 cm³/mol. The number of fused-ring (bicyclic) bond motifs is 1. The summed E-state index contributed by atoms with van der Waals surface area (Å²) < 4.78 is 26.4. The molecule has 1 heterocycles. The molecule has 1 aliphatic heterocycles. The van der Waals surface area contributed by atoms with E-state index in [9.17, 15) is 4.39 Å². The van der Waals surface area contributed by atoms with Crippen molar-refractivity contribution in [3.05, 3.63) is 57.3 Å². The van der Waals surface area contributed by atoms with Crippen molar-refractivity contribution in [1.82, 2.24) is 0 Å². The fourth-order valence-corrected chi connectivity index (χ4v) is 2.81. The van der Waals surface area contributed by atoms with Gasteiger partial charge in [-0.3, -0.25) is 0 Å². The molecule has 1 atom stereocenters. The molecule has 0 aromatic heterocycles. The van der Waals surface area contributed by atoms with Gasteiger partial charge in [-0.05, 0) is 45.8 Å². The molecule has 0 fully saturated rings. The first-order valence-electron chi connectivity index (χ1n) is 6.07. The van der Waals surface area contributed by atoms with Crippen molar-refractivity contribution < 1.29 is 13.9 Å². The van der Waals surface area contributed by atoms with Gasteiger partial charge in [-0.15, -0.1) is 0 Å². The van der Waals surface area contributed by atoms with E-state index in [-0.39, 0.29) is 12.2 Å². The molecule has 0 aliphatic carbocycles. The maximum absolute atomic E-state index is 13.9. The van der Waals surface area contributed by atoms with E-state index in [1.807, 2.05) is 18.2 Å². The summed E-state index contributed by atoms with van der Waals surface area (Å²) in [6, 6.07) is 10.1. The Bertz CT molecular complexity index is 677. The Kier molecular flexibility index (Phi) is 3.38. The third-order valence-electron chi connectivity index (χ3n) is 3.10. The summed E-state index contributed by atoms with van der Waals surface area (Å²) in [7, 11) is 0. The topological polar surface area (TPSA) is 18.5 Å². The quantitative estimate of drug-likeness (QED) is 0.755. The van der Waals surface area contributed by atoms with E-state index in [0.29, 0.717) is 22.1 Å². The highest BCUT2D eigenvalue weighted by Gasteiger charge is 2.38. The molecular weight excluding hydrogens is 347 g/mol. The number of halogens is 3. The third-order valence-corrected chi connectivity index (χ3v) is 3.96. The van der Waals surface area contributed by atoms with Gasteiger partial charge in [0.1, 0.15) is 5.82 Å². The van der Waals surface area contributed by atoms with E-state index in [4.69, 9.17) is 21.1 Å². The summed E-state index contributed by atoms with van der Waals surface area (Å²) in [5.41, 5.74) is 0.501. The molecule has 2 aromatic rings. The summed E-state index contributed by atoms with van der Waals surface area (Å²) >= 11 is 9.17. The molecule has 0 amide bonds. The van der Waals surface area contributed by atoms with Gasteiger partial charge in [-0.2, -0.15) is 0 Å². The largest absolute Gasteiger partial charge is 0.448 e. The van der Waals surface area contributed by atoms with E-state index >= 15 is 0 Å². The fourth-order valence-electron chi connectivity index (χ4n) is 2.22. The van der Waals surface area contributed by atoms with E-state index in [2.05, 4.69) is 15.9 Å². The van der Waals surface area contributed by atoms with E-state index in [0.717, 1.165) is 4.47 Å². The zero-order chi connectivity index (χ0) is 14.3. The maximum Gasteiger partial charge on any atom is 0.253 e. The van der Waals surface area contributed by atoms with Crippen molar-refractivity contribution >= 4 is 27.5 Å². The summed E-state index contributed by atoms with van der Waals surface area (Å²) in [5, 5.41) is 0.371. The van der Waals surface area contributed by atoms with Crippen molar-refractivity contribution in [2.45, 2.75) is 19.1 Å². The van der Waals surface area contributed by atoms with Gasteiger partial charge in [0.2, 0.25) is 0 Å². The smallest absolute Gasteiger partial charge is 0.253 e. The normalized spacial score (nSPS) is 20.2. The van der Waals surface area contributed by atoms with Crippen LogP contribution < -0.4 is 9.47 Å². The molecule has 2 aromatic carbocycles. The molecule has 0 saturated heterocycles. The standard InChI is InChI=1S/C15H11BrClFO2/c1-15(8-9-5-6-10(17)7-12(9)18)19-13-4-2-3-11(16)14(13)20-15/h2-7H,8H2,1H3. The number of hydrogen-bond donors (Lipinski definition) is 0. The zero-order valence-corrected chi connectivity index (χ0v) is 13.0. The van der Waals surface area contributed by atoms with Gasteiger partial charge < -0.3 is 9.47 Å². The minimum atomic E-state index is -0.930. The molecule has 0 spiro atoms. The molecule has 20 heavy (non-hydrogen) atoms. The minimum Gasteiger partial charge on any atom is -0.448 e. The van der Waals surface area contributed by atoms with Crippen LogP contribution in [0.15, 0.2) is 40.9 Å². The predicted octanol–water partition coefficient (Wildman–Crippen LogP) is 4.97. The molecule has 0 saturated carbocycles. The fraction of sp³-hybridized carbons (Fsp3) is 0.200. The average Bonchev–Trinajstić information content (AvgIpc) is 2.71. The summed E-state index contributed by atoms with van der Waals surface area (Å²) in [6.45, 7) is 1.79. The number of benzene rings is 2. The SMILES string of the molecule is CC1(Cc2ccc(Cl)cc2F)Oc2cccc(Br)c2O1. The first kappa shape index (κ1) is 13.7. The van der Waals surface area contributed by atoms with Crippen molar-refractivity contribution in [2.24, 2.45) is 0 Å². The highest BCUT2D eigenvalue weighted by Crippen LogP contribution is 2.45. The highest BCUT2D eigenvalue weighted by atomic mass is 79.9. The number of hydrogen-bond acceptors (Lipinski definition) is 2. The van der Waals surface area contributed by atoms with Crippen molar-refractivity contribution in [1.29, 1.82) is 0 Å². The Morgan fingerprint density at radius 2 is 2.05 bits per heavy atom. The Morgan fingerprint density at radius 1 is 1.25 bits per heavy atom. The van der Waals surface area contributed by atoms with Gasteiger partial charge in [-0.25, -0.2) is 4.39 Å².